The van der Waals surface area contributed by atoms with E-state index in [4.69, 9.17) is 5.11 Å². The predicted octanol–water partition coefficient (Wildman–Crippen LogP) is 1.37. The van der Waals surface area contributed by atoms with Crippen molar-refractivity contribution in [3.8, 4) is 0 Å². The molecule has 1 aromatic rings. The third kappa shape index (κ3) is 2.15. The van der Waals surface area contributed by atoms with Crippen molar-refractivity contribution >= 4 is 5.97 Å². The number of aromatic carboxylic acids is 1. The van der Waals surface area contributed by atoms with Gasteiger partial charge in [-0.3, -0.25) is 4.90 Å². The molecule has 80 valence electrons. The molecule has 2 heterocycles. The molecule has 0 aromatic carbocycles. The van der Waals surface area contributed by atoms with Gasteiger partial charge in [0.1, 0.15) is 5.69 Å². The molecular weight excluding hydrogens is 192 g/mol. The van der Waals surface area contributed by atoms with E-state index >= 15 is 0 Å². The van der Waals surface area contributed by atoms with Crippen molar-refractivity contribution in [2.75, 3.05) is 6.54 Å². The zero-order valence-electron chi connectivity index (χ0n) is 8.68. The highest BCUT2D eigenvalue weighted by molar-refractivity contribution is 5.85. The molecule has 1 atom stereocenters. The third-order valence-electron chi connectivity index (χ3n) is 2.89. The van der Waals surface area contributed by atoms with Gasteiger partial charge in [-0.15, -0.1) is 0 Å². The standard InChI is InChI=1S/C11H14N2O2/c1-8-4-5-13(8)7-9-2-3-10(11(14)15)12-6-9/h2-3,6,8H,4-5,7H2,1H3,(H,14,15). The van der Waals surface area contributed by atoms with E-state index in [0.717, 1.165) is 18.7 Å². The topological polar surface area (TPSA) is 53.4 Å². The normalized spacial score (nSPS) is 21.0. The minimum Gasteiger partial charge on any atom is -0.477 e. The number of carboxylic acid groups (broad SMARTS) is 1. The van der Waals surface area contributed by atoms with Gasteiger partial charge < -0.3 is 5.11 Å². The van der Waals surface area contributed by atoms with E-state index in [1.807, 2.05) is 6.07 Å². The Morgan fingerprint density at radius 1 is 1.67 bits per heavy atom. The molecular formula is C11H14N2O2. The van der Waals surface area contributed by atoms with Crippen molar-refractivity contribution in [2.24, 2.45) is 0 Å². The van der Waals surface area contributed by atoms with Crippen LogP contribution in [0.3, 0.4) is 0 Å². The molecule has 1 aromatic heterocycles. The van der Waals surface area contributed by atoms with E-state index in [1.165, 1.54) is 6.42 Å². The second-order valence-electron chi connectivity index (χ2n) is 3.97. The Labute approximate surface area is 88.6 Å². The Hall–Kier alpha value is -1.42. The number of rotatable bonds is 3. The Morgan fingerprint density at radius 2 is 2.47 bits per heavy atom. The molecule has 1 aliphatic rings. The monoisotopic (exact) mass is 206 g/mol. The first-order chi connectivity index (χ1) is 7.16. The van der Waals surface area contributed by atoms with Gasteiger partial charge in [-0.05, 0) is 25.0 Å². The Balaban J connectivity index is 2.01. The van der Waals surface area contributed by atoms with Crippen molar-refractivity contribution in [3.63, 3.8) is 0 Å². The fraction of sp³-hybridized carbons (Fsp3) is 0.455. The van der Waals surface area contributed by atoms with Crippen LogP contribution in [-0.2, 0) is 6.54 Å². The van der Waals surface area contributed by atoms with Crippen molar-refractivity contribution < 1.29 is 9.90 Å². The van der Waals surface area contributed by atoms with E-state index in [2.05, 4.69) is 16.8 Å². The molecule has 4 nitrogen and oxygen atoms in total. The minimum absolute atomic E-state index is 0.107. The smallest absolute Gasteiger partial charge is 0.354 e. The number of aromatic nitrogens is 1. The van der Waals surface area contributed by atoms with Gasteiger partial charge >= 0.3 is 5.97 Å². The molecule has 0 saturated carbocycles. The van der Waals surface area contributed by atoms with Gasteiger partial charge in [-0.2, -0.15) is 0 Å². The predicted molar refractivity (Wildman–Crippen MR) is 55.7 cm³/mol. The molecule has 4 heteroatoms. The quantitative estimate of drug-likeness (QED) is 0.811. The van der Waals surface area contributed by atoms with Crippen LogP contribution in [-0.4, -0.2) is 33.5 Å². The zero-order valence-corrected chi connectivity index (χ0v) is 8.68. The van der Waals surface area contributed by atoms with Crippen molar-refractivity contribution in [3.05, 3.63) is 29.6 Å². The van der Waals surface area contributed by atoms with Gasteiger partial charge in [0.25, 0.3) is 0 Å². The van der Waals surface area contributed by atoms with Crippen LogP contribution in [0.15, 0.2) is 18.3 Å². The second-order valence-corrected chi connectivity index (χ2v) is 3.97. The molecule has 1 aliphatic heterocycles. The van der Waals surface area contributed by atoms with Gasteiger partial charge in [0.2, 0.25) is 0 Å². The molecule has 15 heavy (non-hydrogen) atoms. The lowest BCUT2D eigenvalue weighted by Gasteiger charge is -2.38. The maximum absolute atomic E-state index is 10.6. The molecule has 1 fully saturated rings. The van der Waals surface area contributed by atoms with Crippen LogP contribution < -0.4 is 0 Å². The summed E-state index contributed by atoms with van der Waals surface area (Å²) in [5, 5.41) is 8.68. The van der Waals surface area contributed by atoms with Gasteiger partial charge in [-0.25, -0.2) is 9.78 Å². The summed E-state index contributed by atoms with van der Waals surface area (Å²) in [5.74, 6) is -0.973. The largest absolute Gasteiger partial charge is 0.477 e. The molecule has 0 amide bonds. The van der Waals surface area contributed by atoms with Crippen molar-refractivity contribution in [1.29, 1.82) is 0 Å². The van der Waals surface area contributed by atoms with Crippen LogP contribution in [0.5, 0.6) is 0 Å². The van der Waals surface area contributed by atoms with E-state index in [1.54, 1.807) is 12.3 Å². The van der Waals surface area contributed by atoms with E-state index in [9.17, 15) is 4.79 Å². The summed E-state index contributed by atoms with van der Waals surface area (Å²) in [6.45, 7) is 4.19. The van der Waals surface area contributed by atoms with E-state index < -0.39 is 5.97 Å². The maximum atomic E-state index is 10.6. The van der Waals surface area contributed by atoms with E-state index in [-0.39, 0.29) is 5.69 Å². The number of carboxylic acids is 1. The summed E-state index contributed by atoms with van der Waals surface area (Å²) in [5.41, 5.74) is 1.18. The molecule has 0 bridgehead atoms. The molecule has 0 aliphatic carbocycles. The highest BCUT2D eigenvalue weighted by atomic mass is 16.4. The number of likely N-dealkylation sites (tertiary alicyclic amines) is 1. The molecule has 1 saturated heterocycles. The van der Waals surface area contributed by atoms with Crippen LogP contribution in [0.4, 0.5) is 0 Å². The van der Waals surface area contributed by atoms with E-state index in [0.29, 0.717) is 6.04 Å². The second kappa shape index (κ2) is 3.98. The van der Waals surface area contributed by atoms with Gasteiger partial charge in [0.05, 0.1) is 0 Å². The lowest BCUT2D eigenvalue weighted by molar-refractivity contribution is 0.0690. The fourth-order valence-electron chi connectivity index (χ4n) is 1.68. The molecule has 0 radical (unpaired) electrons. The van der Waals surface area contributed by atoms with Gasteiger partial charge in [0.15, 0.2) is 0 Å². The Kier molecular flexibility index (Phi) is 2.68. The summed E-state index contributed by atoms with van der Waals surface area (Å²) in [6, 6.07) is 4.04. The summed E-state index contributed by atoms with van der Waals surface area (Å²) in [4.78, 5) is 16.8. The molecule has 1 unspecified atom stereocenters. The Bertz CT molecular complexity index is 361. The van der Waals surface area contributed by atoms with Gasteiger partial charge in [-0.1, -0.05) is 6.07 Å². The average molecular weight is 206 g/mol. The summed E-state index contributed by atoms with van der Waals surface area (Å²) in [6.07, 6.45) is 2.90. The van der Waals surface area contributed by atoms with Crippen molar-refractivity contribution in [2.45, 2.75) is 25.9 Å². The maximum Gasteiger partial charge on any atom is 0.354 e. The number of pyridine rings is 1. The molecule has 1 N–H and O–H groups in total. The number of nitrogens with zero attached hydrogens (tertiary/aromatic N) is 2. The SMILES string of the molecule is CC1CCN1Cc1ccc(C(=O)O)nc1. The van der Waals surface area contributed by atoms with Crippen LogP contribution in [0.1, 0.15) is 29.4 Å². The van der Waals surface area contributed by atoms with Gasteiger partial charge in [0, 0.05) is 25.3 Å². The van der Waals surface area contributed by atoms with Crippen LogP contribution in [0, 0.1) is 0 Å². The first-order valence-corrected chi connectivity index (χ1v) is 5.09. The average Bonchev–Trinajstić information content (AvgIpc) is 2.24. The minimum atomic E-state index is -0.973. The number of hydrogen-bond acceptors (Lipinski definition) is 3. The first kappa shape index (κ1) is 10.1. The number of carbonyl (C=O) groups is 1. The third-order valence-corrected chi connectivity index (χ3v) is 2.89. The van der Waals surface area contributed by atoms with Crippen molar-refractivity contribution in [1.82, 2.24) is 9.88 Å². The number of hydrogen-bond donors (Lipinski definition) is 1. The van der Waals surface area contributed by atoms with Crippen LogP contribution in [0.25, 0.3) is 0 Å². The highest BCUT2D eigenvalue weighted by Gasteiger charge is 2.23. The zero-order chi connectivity index (χ0) is 10.8. The van der Waals surface area contributed by atoms with Crippen LogP contribution in [0.2, 0.25) is 0 Å². The van der Waals surface area contributed by atoms with Crippen LogP contribution >= 0.6 is 0 Å². The summed E-state index contributed by atoms with van der Waals surface area (Å²) in [7, 11) is 0. The fourth-order valence-corrected chi connectivity index (χ4v) is 1.68. The lowest BCUT2D eigenvalue weighted by atomic mass is 10.0. The molecule has 0 spiro atoms. The molecule has 2 rings (SSSR count). The Morgan fingerprint density at radius 3 is 2.87 bits per heavy atom. The highest BCUT2D eigenvalue weighted by Crippen LogP contribution is 2.19. The summed E-state index contributed by atoms with van der Waals surface area (Å²) >= 11 is 0. The summed E-state index contributed by atoms with van der Waals surface area (Å²) < 4.78 is 0. The first-order valence-electron chi connectivity index (χ1n) is 5.09. The lowest BCUT2D eigenvalue weighted by Crippen LogP contribution is -2.44.